The Morgan fingerprint density at radius 2 is 1.96 bits per heavy atom. The number of ether oxygens (including phenoxy) is 1. The topological polar surface area (TPSA) is 63.6 Å². The van der Waals surface area contributed by atoms with Crippen LogP contribution in [0.5, 0.6) is 0 Å². The summed E-state index contributed by atoms with van der Waals surface area (Å²) in [4.78, 5) is 4.93. The Morgan fingerprint density at radius 3 is 2.63 bits per heavy atom. The lowest BCUT2D eigenvalue weighted by Gasteiger charge is -2.32. The minimum atomic E-state index is -0.264. The summed E-state index contributed by atoms with van der Waals surface area (Å²) in [6, 6.07) is 12.7. The van der Waals surface area contributed by atoms with Gasteiger partial charge in [0.05, 0.1) is 39.4 Å². The van der Waals surface area contributed by atoms with Crippen molar-refractivity contribution in [2.75, 3.05) is 32.5 Å². The van der Waals surface area contributed by atoms with Crippen LogP contribution in [0.15, 0.2) is 30.3 Å². The first-order valence-corrected chi connectivity index (χ1v) is 9.64. The van der Waals surface area contributed by atoms with Crippen molar-refractivity contribution in [3.05, 3.63) is 47.0 Å². The van der Waals surface area contributed by atoms with Crippen LogP contribution >= 0.6 is 0 Å². The van der Waals surface area contributed by atoms with Crippen molar-refractivity contribution in [2.45, 2.75) is 38.9 Å². The van der Waals surface area contributed by atoms with Crippen molar-refractivity contribution in [3.63, 3.8) is 0 Å². The van der Waals surface area contributed by atoms with Gasteiger partial charge in [-0.05, 0) is 19.4 Å². The largest absolute Gasteiger partial charge is 0.370 e. The van der Waals surface area contributed by atoms with Crippen LogP contribution in [0.1, 0.15) is 37.0 Å². The number of aromatic amines is 1. The molecule has 1 aliphatic rings. The lowest BCUT2D eigenvalue weighted by molar-refractivity contribution is -0.858. The molecule has 1 aliphatic heterocycles. The molecule has 1 aromatic heterocycles. The van der Waals surface area contributed by atoms with Gasteiger partial charge in [0.1, 0.15) is 17.3 Å². The van der Waals surface area contributed by atoms with Crippen LogP contribution in [0.4, 0.5) is 5.82 Å². The zero-order valence-electron chi connectivity index (χ0n) is 16.8. The van der Waals surface area contributed by atoms with E-state index in [9.17, 15) is 5.26 Å². The Hall–Kier alpha value is -2.42. The molecule has 5 heteroatoms. The zero-order chi connectivity index (χ0) is 19.4. The van der Waals surface area contributed by atoms with E-state index in [0.717, 1.165) is 59.7 Å². The fourth-order valence-corrected chi connectivity index (χ4v) is 3.58. The second kappa shape index (κ2) is 8.08. The van der Waals surface area contributed by atoms with E-state index in [1.807, 2.05) is 18.2 Å². The number of nitrogens with one attached hydrogen (secondary N) is 3. The highest BCUT2D eigenvalue weighted by molar-refractivity contribution is 5.67. The maximum Gasteiger partial charge on any atom is 0.291 e. The molecule has 0 amide bonds. The first-order chi connectivity index (χ1) is 12.9. The minimum Gasteiger partial charge on any atom is -0.370 e. The Morgan fingerprint density at radius 1 is 1.22 bits per heavy atom. The smallest absolute Gasteiger partial charge is 0.291 e. The molecule has 0 bridgehead atoms. The van der Waals surface area contributed by atoms with Gasteiger partial charge in [0.25, 0.3) is 5.82 Å². The number of benzene rings is 1. The maximum atomic E-state index is 9.90. The highest BCUT2D eigenvalue weighted by Gasteiger charge is 2.34. The number of hydrogen-bond donors (Lipinski definition) is 2. The highest BCUT2D eigenvalue weighted by Crippen LogP contribution is 2.35. The number of hydrogen-bond acceptors (Lipinski definition) is 3. The molecule has 1 aromatic carbocycles. The van der Waals surface area contributed by atoms with E-state index in [4.69, 9.17) is 4.74 Å². The van der Waals surface area contributed by atoms with E-state index >= 15 is 0 Å². The number of rotatable bonds is 6. The summed E-state index contributed by atoms with van der Waals surface area (Å²) in [5.74, 6) is 0.821. The average Bonchev–Trinajstić information content (AvgIpc) is 2.64. The zero-order valence-corrected chi connectivity index (χ0v) is 16.8. The molecule has 0 saturated carbocycles. The molecule has 0 atom stereocenters. The minimum absolute atomic E-state index is 0.264. The Kier molecular flexibility index (Phi) is 5.79. The first-order valence-electron chi connectivity index (χ1n) is 9.64. The van der Waals surface area contributed by atoms with Crippen molar-refractivity contribution in [1.82, 2.24) is 0 Å². The summed E-state index contributed by atoms with van der Waals surface area (Å²) < 4.78 is 6.07. The molecule has 0 radical (unpaired) electrons. The third kappa shape index (κ3) is 4.47. The predicted molar refractivity (Wildman–Crippen MR) is 107 cm³/mol. The highest BCUT2D eigenvalue weighted by atomic mass is 16.5. The lowest BCUT2D eigenvalue weighted by Crippen LogP contribution is -3.05. The standard InChI is InChI=1S/C22H28N4O/c1-22(2)13-17-18(14-23)21(24-11-8-12-26(3)4)25-20(19(17)15-27-22)16-9-6-5-7-10-16/h5-7,9-10H,8,11-13,15H2,1-4H3,(H,24,25)/p+2. The molecular formula is C22H30N4O+2. The van der Waals surface area contributed by atoms with E-state index in [0.29, 0.717) is 6.61 Å². The quantitative estimate of drug-likeness (QED) is 0.767. The van der Waals surface area contributed by atoms with E-state index < -0.39 is 0 Å². The molecule has 3 N–H and O–H groups in total. The van der Waals surface area contributed by atoms with Crippen molar-refractivity contribution >= 4 is 5.82 Å². The first kappa shape index (κ1) is 19.3. The van der Waals surface area contributed by atoms with Gasteiger partial charge in [-0.3, -0.25) is 5.32 Å². The number of H-pyrrole nitrogens is 1. The fraction of sp³-hybridized carbons (Fsp3) is 0.455. The summed E-state index contributed by atoms with van der Waals surface area (Å²) in [6.07, 6.45) is 1.78. The normalized spacial score (nSPS) is 15.3. The molecule has 5 nitrogen and oxygen atoms in total. The molecule has 0 fully saturated rings. The van der Waals surface area contributed by atoms with Gasteiger partial charge in [0.15, 0.2) is 0 Å². The summed E-state index contributed by atoms with van der Waals surface area (Å²) in [7, 11) is 4.31. The fourth-order valence-electron chi connectivity index (χ4n) is 3.58. The average molecular weight is 367 g/mol. The van der Waals surface area contributed by atoms with Gasteiger partial charge in [-0.2, -0.15) is 5.26 Å². The molecule has 0 spiro atoms. The molecule has 3 rings (SSSR count). The van der Waals surface area contributed by atoms with Crippen molar-refractivity contribution in [1.29, 1.82) is 5.26 Å². The van der Waals surface area contributed by atoms with E-state index in [1.54, 1.807) is 0 Å². The second-order valence-corrected chi connectivity index (χ2v) is 8.15. The summed E-state index contributed by atoms with van der Waals surface area (Å²) in [5.41, 5.74) is 4.81. The van der Waals surface area contributed by atoms with Crippen LogP contribution in [0, 0.1) is 11.3 Å². The third-order valence-electron chi connectivity index (χ3n) is 5.01. The number of aromatic nitrogens is 1. The van der Waals surface area contributed by atoms with Crippen LogP contribution in [-0.4, -0.2) is 32.8 Å². The predicted octanol–water partition coefficient (Wildman–Crippen LogP) is 1.84. The molecule has 142 valence electrons. The van der Waals surface area contributed by atoms with Crippen LogP contribution < -0.4 is 15.2 Å². The van der Waals surface area contributed by atoms with Crippen molar-refractivity contribution < 1.29 is 14.6 Å². The van der Waals surface area contributed by atoms with Crippen LogP contribution in [0.25, 0.3) is 11.3 Å². The Labute approximate surface area is 162 Å². The molecule has 0 saturated heterocycles. The van der Waals surface area contributed by atoms with Gasteiger partial charge >= 0.3 is 0 Å². The third-order valence-corrected chi connectivity index (χ3v) is 5.01. The lowest BCUT2D eigenvalue weighted by atomic mass is 9.87. The van der Waals surface area contributed by atoms with Gasteiger partial charge in [0.2, 0.25) is 0 Å². The number of fused-ring (bicyclic) bond motifs is 1. The Bertz CT molecular complexity index is 838. The van der Waals surface area contributed by atoms with Gasteiger partial charge in [-0.25, -0.2) is 4.98 Å². The molecular weight excluding hydrogens is 336 g/mol. The summed E-state index contributed by atoms with van der Waals surface area (Å²) in [6.45, 7) is 6.61. The number of quaternary nitrogens is 1. The van der Waals surface area contributed by atoms with Gasteiger partial charge in [-0.1, -0.05) is 30.3 Å². The monoisotopic (exact) mass is 366 g/mol. The number of anilines is 1. The number of pyridine rings is 1. The number of nitriles is 1. The van der Waals surface area contributed by atoms with Gasteiger partial charge < -0.3 is 9.64 Å². The molecule has 27 heavy (non-hydrogen) atoms. The van der Waals surface area contributed by atoms with E-state index in [2.05, 4.69) is 56.4 Å². The van der Waals surface area contributed by atoms with Crippen LogP contribution in [0.3, 0.4) is 0 Å². The number of nitrogens with zero attached hydrogens (tertiary/aromatic N) is 1. The van der Waals surface area contributed by atoms with Gasteiger partial charge in [-0.15, -0.1) is 0 Å². The van der Waals surface area contributed by atoms with E-state index in [-0.39, 0.29) is 5.60 Å². The maximum absolute atomic E-state index is 9.90. The summed E-state index contributed by atoms with van der Waals surface area (Å²) in [5, 5.41) is 13.4. The summed E-state index contributed by atoms with van der Waals surface area (Å²) >= 11 is 0. The molecule has 2 aromatic rings. The van der Waals surface area contributed by atoms with Crippen molar-refractivity contribution in [2.24, 2.45) is 0 Å². The van der Waals surface area contributed by atoms with Crippen LogP contribution in [0.2, 0.25) is 0 Å². The molecule has 0 unspecified atom stereocenters. The molecule has 0 aliphatic carbocycles. The molecule has 2 heterocycles. The van der Waals surface area contributed by atoms with Crippen LogP contribution in [-0.2, 0) is 17.8 Å². The second-order valence-electron chi connectivity index (χ2n) is 8.15. The SMILES string of the molecule is C[NH+](C)CCCNc1[nH+]c(-c2ccccc2)c2c(c1C#N)CC(C)(C)OC2. The van der Waals surface area contributed by atoms with Gasteiger partial charge in [0, 0.05) is 24.0 Å². The Balaban J connectivity index is 2.04. The van der Waals surface area contributed by atoms with Crippen molar-refractivity contribution in [3.8, 4) is 17.3 Å². The van der Waals surface area contributed by atoms with E-state index in [1.165, 1.54) is 4.90 Å².